The van der Waals surface area contributed by atoms with Gasteiger partial charge in [-0.25, -0.2) is 29.9 Å². The maximum absolute atomic E-state index is 4.82. The number of fused-ring (bicyclic) bond motifs is 9. The Kier molecular flexibility index (Phi) is 6.21. The molecule has 1 aliphatic rings. The van der Waals surface area contributed by atoms with Crippen LogP contribution < -0.4 is 0 Å². The minimum Gasteiger partial charge on any atom is -0.294 e. The Balaban J connectivity index is 1.18. The van der Waals surface area contributed by atoms with Crippen molar-refractivity contribution >= 4 is 43.6 Å². The van der Waals surface area contributed by atoms with Crippen molar-refractivity contribution in [1.29, 1.82) is 0 Å². The lowest BCUT2D eigenvalue weighted by atomic mass is 9.84. The van der Waals surface area contributed by atoms with Crippen LogP contribution in [0.1, 0.15) is 11.1 Å². The molecule has 0 bridgehead atoms. The molecule has 0 aliphatic heterocycles. The molecule has 1 aliphatic carbocycles. The first-order chi connectivity index (χ1) is 25.8. The Morgan fingerprint density at radius 2 is 0.788 bits per heavy atom. The topological polar surface area (TPSA) is 87.2 Å². The van der Waals surface area contributed by atoms with Gasteiger partial charge in [0.25, 0.3) is 0 Å². The summed E-state index contributed by atoms with van der Waals surface area (Å²) in [7, 11) is 0. The quantitative estimate of drug-likeness (QED) is 0.186. The van der Waals surface area contributed by atoms with Crippen LogP contribution in [0.25, 0.3) is 89.2 Å². The lowest BCUT2D eigenvalue weighted by Gasteiger charge is -2.21. The third kappa shape index (κ3) is 4.34. The third-order valence-electron chi connectivity index (χ3n) is 10.3. The first-order valence-electron chi connectivity index (χ1n) is 17.4. The molecule has 0 fully saturated rings. The highest BCUT2D eigenvalue weighted by Crippen LogP contribution is 2.44. The van der Waals surface area contributed by atoms with E-state index in [9.17, 15) is 0 Å². The molecular weight excluding hydrogens is 641 g/mol. The molecule has 52 heavy (non-hydrogen) atoms. The zero-order valence-corrected chi connectivity index (χ0v) is 27.8. The van der Waals surface area contributed by atoms with Gasteiger partial charge in [0.15, 0.2) is 11.6 Å². The minimum atomic E-state index is 0.714. The van der Waals surface area contributed by atoms with Crippen molar-refractivity contribution in [1.82, 2.24) is 39.0 Å². The largest absolute Gasteiger partial charge is 0.294 e. The van der Waals surface area contributed by atoms with Gasteiger partial charge in [-0.05, 0) is 132 Å². The van der Waals surface area contributed by atoms with E-state index in [-0.39, 0.29) is 0 Å². The number of pyridine rings is 2. The van der Waals surface area contributed by atoms with Gasteiger partial charge in [-0.3, -0.25) is 9.13 Å². The first-order valence-corrected chi connectivity index (χ1v) is 17.4. The average Bonchev–Trinajstić information content (AvgIpc) is 3.71. The number of hydrogen-bond donors (Lipinski definition) is 0. The SMILES string of the molecule is c1ccc(-n2c3ccc(-c4ncccn4)cc3c3cc4c(cc32)-c2cc3c(cc2CC4)c2cc(-c4ncccn4)ccc2n3-c2ccccn2)nc1. The molecule has 6 aromatic heterocycles. The molecular formula is C44H28N8. The molecule has 0 saturated carbocycles. The standard InChI is InChI=1S/C44H28N8/c1-3-15-45-41(7-1)51-37-13-11-29(43-47-17-5-18-48-43)23-33(37)35-21-27-9-10-28-22-36-34-24-30(44-49-19-6-20-50-44)12-14-38(34)52(42-8-2-4-16-46-42)40(36)26-32(28)31(27)25-39(35)51/h1-8,11-26H,9-10H2. The molecule has 0 atom stereocenters. The Morgan fingerprint density at radius 1 is 0.365 bits per heavy atom. The van der Waals surface area contributed by atoms with Crippen LogP contribution in [0.3, 0.4) is 0 Å². The summed E-state index contributed by atoms with van der Waals surface area (Å²) in [6.45, 7) is 0. The van der Waals surface area contributed by atoms with Crippen LogP contribution >= 0.6 is 0 Å². The molecule has 0 radical (unpaired) electrons. The summed E-state index contributed by atoms with van der Waals surface area (Å²) in [5, 5.41) is 4.70. The highest BCUT2D eigenvalue weighted by Gasteiger charge is 2.24. The molecule has 0 saturated heterocycles. The summed E-state index contributed by atoms with van der Waals surface area (Å²) in [5.41, 5.74) is 11.6. The fourth-order valence-corrected chi connectivity index (χ4v) is 8.05. The Labute approximate surface area is 297 Å². The summed E-state index contributed by atoms with van der Waals surface area (Å²) in [5.74, 6) is 3.19. The Morgan fingerprint density at radius 3 is 1.21 bits per heavy atom. The van der Waals surface area contributed by atoms with E-state index in [0.717, 1.165) is 68.4 Å². The lowest BCUT2D eigenvalue weighted by Crippen LogP contribution is -2.05. The van der Waals surface area contributed by atoms with E-state index >= 15 is 0 Å². The van der Waals surface area contributed by atoms with Crippen molar-refractivity contribution in [2.24, 2.45) is 0 Å². The maximum Gasteiger partial charge on any atom is 0.159 e. The van der Waals surface area contributed by atoms with E-state index in [1.165, 1.54) is 33.0 Å². The summed E-state index contributed by atoms with van der Waals surface area (Å²) in [6, 6.07) is 38.4. The van der Waals surface area contributed by atoms with Crippen LogP contribution in [0.5, 0.6) is 0 Å². The molecule has 0 N–H and O–H groups in total. The highest BCUT2D eigenvalue weighted by molar-refractivity contribution is 6.14. The summed E-state index contributed by atoms with van der Waals surface area (Å²) < 4.78 is 4.57. The van der Waals surface area contributed by atoms with Crippen LogP contribution in [-0.2, 0) is 12.8 Å². The lowest BCUT2D eigenvalue weighted by molar-refractivity contribution is 0.945. The van der Waals surface area contributed by atoms with E-state index in [2.05, 4.69) is 102 Å². The number of nitrogens with zero attached hydrogens (tertiary/aromatic N) is 8. The Hall–Kier alpha value is -7.06. The summed E-state index contributed by atoms with van der Waals surface area (Å²) >= 11 is 0. The van der Waals surface area contributed by atoms with Gasteiger partial charge in [0, 0.05) is 69.9 Å². The summed E-state index contributed by atoms with van der Waals surface area (Å²) in [6.07, 6.45) is 12.8. The van der Waals surface area contributed by atoms with Crippen LogP contribution in [0.2, 0.25) is 0 Å². The van der Waals surface area contributed by atoms with Crippen LogP contribution in [0.15, 0.2) is 146 Å². The van der Waals surface area contributed by atoms with E-state index in [1.807, 2.05) is 48.8 Å². The molecule has 4 aromatic carbocycles. The fraction of sp³-hybridized carbons (Fsp3) is 0.0455. The average molecular weight is 669 g/mol. The monoisotopic (exact) mass is 668 g/mol. The van der Waals surface area contributed by atoms with Crippen molar-refractivity contribution in [3.63, 3.8) is 0 Å². The second kappa shape index (κ2) is 11.2. The van der Waals surface area contributed by atoms with Gasteiger partial charge in [0.1, 0.15) is 11.6 Å². The molecule has 8 nitrogen and oxygen atoms in total. The van der Waals surface area contributed by atoms with Gasteiger partial charge in [-0.1, -0.05) is 12.1 Å². The zero-order chi connectivity index (χ0) is 34.2. The van der Waals surface area contributed by atoms with Crippen molar-refractivity contribution in [2.45, 2.75) is 12.8 Å². The summed E-state index contributed by atoms with van der Waals surface area (Å²) in [4.78, 5) is 27.8. The zero-order valence-electron chi connectivity index (χ0n) is 27.8. The van der Waals surface area contributed by atoms with Crippen LogP contribution in [-0.4, -0.2) is 39.0 Å². The van der Waals surface area contributed by atoms with E-state index in [1.54, 1.807) is 24.8 Å². The van der Waals surface area contributed by atoms with Crippen molar-refractivity contribution in [3.8, 4) is 45.5 Å². The Bertz CT molecular complexity index is 2780. The van der Waals surface area contributed by atoms with E-state index in [4.69, 9.17) is 9.97 Å². The minimum absolute atomic E-state index is 0.714. The van der Waals surface area contributed by atoms with Crippen LogP contribution in [0.4, 0.5) is 0 Å². The van der Waals surface area contributed by atoms with Gasteiger partial charge in [-0.15, -0.1) is 0 Å². The molecule has 6 heterocycles. The highest BCUT2D eigenvalue weighted by atomic mass is 15.1. The first kappa shape index (κ1) is 28.7. The molecule has 0 unspecified atom stereocenters. The molecule has 0 amide bonds. The van der Waals surface area contributed by atoms with E-state index in [0.29, 0.717) is 11.6 Å². The number of aromatic nitrogens is 8. The van der Waals surface area contributed by atoms with Crippen LogP contribution in [0, 0.1) is 0 Å². The van der Waals surface area contributed by atoms with Gasteiger partial charge < -0.3 is 0 Å². The molecule has 11 rings (SSSR count). The normalized spacial score (nSPS) is 12.5. The van der Waals surface area contributed by atoms with Crippen molar-refractivity contribution < 1.29 is 0 Å². The number of benzene rings is 4. The predicted octanol–water partition coefficient (Wildman–Crippen LogP) is 9.35. The number of aryl methyl sites for hydroxylation is 2. The number of rotatable bonds is 4. The fourth-order valence-electron chi connectivity index (χ4n) is 8.05. The molecule has 10 aromatic rings. The van der Waals surface area contributed by atoms with Crippen molar-refractivity contribution in [2.75, 3.05) is 0 Å². The predicted molar refractivity (Wildman–Crippen MR) is 206 cm³/mol. The second-order valence-electron chi connectivity index (χ2n) is 13.2. The molecule has 244 valence electrons. The van der Waals surface area contributed by atoms with Gasteiger partial charge in [0.2, 0.25) is 0 Å². The van der Waals surface area contributed by atoms with Gasteiger partial charge in [-0.2, -0.15) is 0 Å². The number of hydrogen-bond acceptors (Lipinski definition) is 6. The van der Waals surface area contributed by atoms with Gasteiger partial charge >= 0.3 is 0 Å². The van der Waals surface area contributed by atoms with Crippen molar-refractivity contribution in [3.05, 3.63) is 158 Å². The molecule has 8 heteroatoms. The third-order valence-corrected chi connectivity index (χ3v) is 10.3. The molecule has 0 spiro atoms. The second-order valence-corrected chi connectivity index (χ2v) is 13.2. The maximum atomic E-state index is 4.82. The van der Waals surface area contributed by atoms with E-state index < -0.39 is 0 Å². The smallest absolute Gasteiger partial charge is 0.159 e. The van der Waals surface area contributed by atoms with Gasteiger partial charge in [0.05, 0.1) is 22.1 Å².